The van der Waals surface area contributed by atoms with Crippen LogP contribution in [0.2, 0.25) is 0 Å². The van der Waals surface area contributed by atoms with Gasteiger partial charge in [-0.25, -0.2) is 0 Å². The van der Waals surface area contributed by atoms with Gasteiger partial charge in [-0.15, -0.1) is 0 Å². The number of hydrogen-bond donors (Lipinski definition) is 1. The zero-order valence-corrected chi connectivity index (χ0v) is 13.4. The van der Waals surface area contributed by atoms with E-state index in [1.54, 1.807) is 0 Å². The van der Waals surface area contributed by atoms with Crippen molar-refractivity contribution < 1.29 is 0 Å². The van der Waals surface area contributed by atoms with Crippen LogP contribution < -0.4 is 5.73 Å². The summed E-state index contributed by atoms with van der Waals surface area (Å²) in [6, 6.07) is 19.4. The zero-order chi connectivity index (χ0) is 13.7. The van der Waals surface area contributed by atoms with Crippen molar-refractivity contribution in [3.8, 4) is 0 Å². The lowest BCUT2D eigenvalue weighted by atomic mass is 9.81. The molecule has 0 radical (unpaired) electrons. The highest BCUT2D eigenvalue weighted by molar-refractivity contribution is 14.1. The van der Waals surface area contributed by atoms with Gasteiger partial charge in [-0.1, -0.05) is 55.5 Å². The molecule has 0 aliphatic heterocycles. The molecule has 2 atom stereocenters. The van der Waals surface area contributed by atoms with Gasteiger partial charge in [-0.3, -0.25) is 0 Å². The highest BCUT2D eigenvalue weighted by Crippen LogP contribution is 2.36. The molecule has 0 saturated heterocycles. The summed E-state index contributed by atoms with van der Waals surface area (Å²) in [7, 11) is 0. The smallest absolute Gasteiger partial charge is 0.0165 e. The molecular formula is C17H20IN. The number of nitrogens with two attached hydrogens (primary N) is 1. The minimum atomic E-state index is 0.485. The molecule has 0 aliphatic rings. The fraction of sp³-hybridized carbons (Fsp3) is 0.294. The normalized spacial score (nSPS) is 14.1. The minimum Gasteiger partial charge on any atom is -0.330 e. The SMILES string of the molecule is CC(c1ccccc1I)C(CCN)c1ccccc1. The van der Waals surface area contributed by atoms with Crippen LogP contribution in [-0.4, -0.2) is 6.54 Å². The molecule has 0 aliphatic carbocycles. The van der Waals surface area contributed by atoms with E-state index in [9.17, 15) is 0 Å². The van der Waals surface area contributed by atoms with Gasteiger partial charge in [-0.05, 0) is 64.6 Å². The molecule has 0 fully saturated rings. The highest BCUT2D eigenvalue weighted by Gasteiger charge is 2.21. The van der Waals surface area contributed by atoms with Crippen LogP contribution in [0.3, 0.4) is 0 Å². The Bertz CT molecular complexity index is 510. The molecule has 0 aromatic heterocycles. The summed E-state index contributed by atoms with van der Waals surface area (Å²) in [5.74, 6) is 0.973. The maximum atomic E-state index is 5.82. The average molecular weight is 365 g/mol. The van der Waals surface area contributed by atoms with Crippen LogP contribution >= 0.6 is 22.6 Å². The third-order valence-corrected chi connectivity index (χ3v) is 4.69. The Morgan fingerprint density at radius 1 is 1.00 bits per heavy atom. The third-order valence-electron chi connectivity index (χ3n) is 3.70. The molecule has 2 unspecified atom stereocenters. The molecule has 0 amide bonds. The van der Waals surface area contributed by atoms with Gasteiger partial charge >= 0.3 is 0 Å². The molecule has 0 bridgehead atoms. The van der Waals surface area contributed by atoms with Crippen LogP contribution in [0, 0.1) is 3.57 Å². The van der Waals surface area contributed by atoms with Crippen molar-refractivity contribution in [3.05, 3.63) is 69.3 Å². The van der Waals surface area contributed by atoms with Crippen molar-refractivity contribution in [2.24, 2.45) is 5.73 Å². The van der Waals surface area contributed by atoms with E-state index < -0.39 is 0 Å². The monoisotopic (exact) mass is 365 g/mol. The van der Waals surface area contributed by atoms with Gasteiger partial charge < -0.3 is 5.73 Å². The summed E-state index contributed by atoms with van der Waals surface area (Å²) in [5, 5.41) is 0. The van der Waals surface area contributed by atoms with Gasteiger partial charge in [0.2, 0.25) is 0 Å². The Hall–Kier alpha value is -0.870. The van der Waals surface area contributed by atoms with E-state index in [0.717, 1.165) is 13.0 Å². The second-order valence-electron chi connectivity index (χ2n) is 4.90. The first-order valence-electron chi connectivity index (χ1n) is 6.73. The maximum Gasteiger partial charge on any atom is 0.0165 e. The van der Waals surface area contributed by atoms with E-state index in [4.69, 9.17) is 5.73 Å². The van der Waals surface area contributed by atoms with Crippen molar-refractivity contribution in [2.45, 2.75) is 25.2 Å². The Balaban J connectivity index is 2.32. The van der Waals surface area contributed by atoms with Crippen molar-refractivity contribution in [1.82, 2.24) is 0 Å². The predicted octanol–water partition coefficient (Wildman–Crippen LogP) is 4.53. The van der Waals surface area contributed by atoms with Crippen molar-refractivity contribution >= 4 is 22.6 Å². The number of benzene rings is 2. The molecule has 1 nitrogen and oxygen atoms in total. The van der Waals surface area contributed by atoms with E-state index in [2.05, 4.69) is 84.1 Å². The standard InChI is InChI=1S/C17H20IN/c1-13(16-9-5-6-10-17(16)18)15(11-12-19)14-7-3-2-4-8-14/h2-10,13,15H,11-12,19H2,1H3. The van der Waals surface area contributed by atoms with Gasteiger partial charge in [0.15, 0.2) is 0 Å². The van der Waals surface area contributed by atoms with Gasteiger partial charge in [-0.2, -0.15) is 0 Å². The Morgan fingerprint density at radius 3 is 2.26 bits per heavy atom. The summed E-state index contributed by atoms with van der Waals surface area (Å²) < 4.78 is 1.34. The van der Waals surface area contributed by atoms with E-state index >= 15 is 0 Å². The van der Waals surface area contributed by atoms with Gasteiger partial charge in [0.1, 0.15) is 0 Å². The van der Waals surface area contributed by atoms with Crippen LogP contribution in [0.4, 0.5) is 0 Å². The summed E-state index contributed by atoms with van der Waals surface area (Å²) in [6.07, 6.45) is 1.02. The first-order valence-corrected chi connectivity index (χ1v) is 7.81. The second kappa shape index (κ2) is 7.06. The quantitative estimate of drug-likeness (QED) is 0.775. The first kappa shape index (κ1) is 14.5. The molecule has 0 spiro atoms. The lowest BCUT2D eigenvalue weighted by molar-refractivity contribution is 0.540. The van der Waals surface area contributed by atoms with E-state index in [1.807, 2.05) is 0 Å². The first-order chi connectivity index (χ1) is 9.24. The van der Waals surface area contributed by atoms with Crippen LogP contribution in [0.1, 0.15) is 36.3 Å². The molecule has 2 N–H and O–H groups in total. The molecule has 2 rings (SSSR count). The topological polar surface area (TPSA) is 26.0 Å². The summed E-state index contributed by atoms with van der Waals surface area (Å²) in [5.41, 5.74) is 8.63. The third kappa shape index (κ3) is 3.57. The van der Waals surface area contributed by atoms with Crippen molar-refractivity contribution in [3.63, 3.8) is 0 Å². The summed E-state index contributed by atoms with van der Waals surface area (Å²) in [6.45, 7) is 3.04. The molecule has 2 aromatic carbocycles. The lowest BCUT2D eigenvalue weighted by Gasteiger charge is -2.25. The van der Waals surface area contributed by atoms with Crippen LogP contribution in [0.15, 0.2) is 54.6 Å². The second-order valence-corrected chi connectivity index (χ2v) is 6.07. The van der Waals surface area contributed by atoms with Gasteiger partial charge in [0.25, 0.3) is 0 Å². The molecule has 100 valence electrons. The number of hydrogen-bond acceptors (Lipinski definition) is 1. The highest BCUT2D eigenvalue weighted by atomic mass is 127. The maximum absolute atomic E-state index is 5.82. The predicted molar refractivity (Wildman–Crippen MR) is 90.4 cm³/mol. The Kier molecular flexibility index (Phi) is 5.40. The average Bonchev–Trinajstić information content (AvgIpc) is 2.45. The van der Waals surface area contributed by atoms with Crippen molar-refractivity contribution in [2.75, 3.05) is 6.54 Å². The number of rotatable bonds is 5. The molecule has 0 saturated carbocycles. The number of halogens is 1. The van der Waals surface area contributed by atoms with E-state index in [1.165, 1.54) is 14.7 Å². The molecule has 2 aromatic rings. The van der Waals surface area contributed by atoms with Crippen LogP contribution in [-0.2, 0) is 0 Å². The van der Waals surface area contributed by atoms with Crippen molar-refractivity contribution in [1.29, 1.82) is 0 Å². The molecule has 19 heavy (non-hydrogen) atoms. The van der Waals surface area contributed by atoms with Crippen LogP contribution in [0.25, 0.3) is 0 Å². The zero-order valence-electron chi connectivity index (χ0n) is 11.2. The van der Waals surface area contributed by atoms with E-state index in [-0.39, 0.29) is 0 Å². The van der Waals surface area contributed by atoms with Gasteiger partial charge in [0.05, 0.1) is 0 Å². The van der Waals surface area contributed by atoms with E-state index in [0.29, 0.717) is 11.8 Å². The molecular weight excluding hydrogens is 345 g/mol. The van der Waals surface area contributed by atoms with Gasteiger partial charge in [0, 0.05) is 3.57 Å². The molecule has 0 heterocycles. The fourth-order valence-corrected chi connectivity index (χ4v) is 3.52. The summed E-state index contributed by atoms with van der Waals surface area (Å²) in [4.78, 5) is 0. The Labute approximate surface area is 129 Å². The molecule has 2 heteroatoms. The largest absolute Gasteiger partial charge is 0.330 e. The van der Waals surface area contributed by atoms with Crippen LogP contribution in [0.5, 0.6) is 0 Å². The fourth-order valence-electron chi connectivity index (χ4n) is 2.65. The Morgan fingerprint density at radius 2 is 1.63 bits per heavy atom. The minimum absolute atomic E-state index is 0.485. The lowest BCUT2D eigenvalue weighted by Crippen LogP contribution is -2.14. The summed E-state index contributed by atoms with van der Waals surface area (Å²) >= 11 is 2.43.